The number of para-hydroxylation sites is 1. The third kappa shape index (κ3) is 2.50. The van der Waals surface area contributed by atoms with Gasteiger partial charge in [-0.3, -0.25) is 9.97 Å². The lowest BCUT2D eigenvalue weighted by Crippen LogP contribution is -2.12. The SMILES string of the molecule is C=C(CC)CC(N)c1cccc2nccnc12. The van der Waals surface area contributed by atoms with E-state index in [1.807, 2.05) is 18.2 Å². The topological polar surface area (TPSA) is 51.8 Å². The molecule has 1 unspecified atom stereocenters. The predicted molar refractivity (Wildman–Crippen MR) is 70.5 cm³/mol. The second-order valence-corrected chi connectivity index (χ2v) is 4.19. The molecule has 0 amide bonds. The number of benzene rings is 1. The maximum absolute atomic E-state index is 6.21. The van der Waals surface area contributed by atoms with Gasteiger partial charge in [0.2, 0.25) is 0 Å². The molecule has 2 aromatic rings. The Bertz CT molecular complexity index is 528. The Morgan fingerprint density at radius 2 is 2.12 bits per heavy atom. The lowest BCUT2D eigenvalue weighted by Gasteiger charge is -2.14. The molecule has 0 spiro atoms. The molecule has 0 radical (unpaired) electrons. The lowest BCUT2D eigenvalue weighted by atomic mass is 9.98. The molecule has 17 heavy (non-hydrogen) atoms. The van der Waals surface area contributed by atoms with Gasteiger partial charge in [0.25, 0.3) is 0 Å². The molecule has 0 fully saturated rings. The largest absolute Gasteiger partial charge is 0.324 e. The van der Waals surface area contributed by atoms with Crippen molar-refractivity contribution in [3.8, 4) is 0 Å². The third-order valence-corrected chi connectivity index (χ3v) is 2.94. The van der Waals surface area contributed by atoms with E-state index >= 15 is 0 Å². The zero-order valence-corrected chi connectivity index (χ0v) is 10.1. The van der Waals surface area contributed by atoms with E-state index in [9.17, 15) is 0 Å². The molecule has 1 aromatic heterocycles. The van der Waals surface area contributed by atoms with Gasteiger partial charge in [-0.25, -0.2) is 0 Å². The van der Waals surface area contributed by atoms with E-state index in [2.05, 4.69) is 23.5 Å². The van der Waals surface area contributed by atoms with Crippen molar-refractivity contribution >= 4 is 11.0 Å². The number of hydrogen-bond acceptors (Lipinski definition) is 3. The molecule has 1 heterocycles. The Labute approximate surface area is 101 Å². The number of hydrogen-bond donors (Lipinski definition) is 1. The fraction of sp³-hybridized carbons (Fsp3) is 0.286. The van der Waals surface area contributed by atoms with Gasteiger partial charge in [0.1, 0.15) is 0 Å². The summed E-state index contributed by atoms with van der Waals surface area (Å²) in [7, 11) is 0. The summed E-state index contributed by atoms with van der Waals surface area (Å²) in [6.07, 6.45) is 5.16. The Morgan fingerprint density at radius 1 is 1.35 bits per heavy atom. The van der Waals surface area contributed by atoms with Gasteiger partial charge in [0.15, 0.2) is 0 Å². The fourth-order valence-electron chi connectivity index (χ4n) is 1.88. The smallest absolute Gasteiger partial charge is 0.0934 e. The molecule has 2 rings (SSSR count). The van der Waals surface area contributed by atoms with Crippen molar-refractivity contribution in [3.05, 3.63) is 48.3 Å². The highest BCUT2D eigenvalue weighted by atomic mass is 14.8. The molecule has 1 atom stereocenters. The average molecular weight is 227 g/mol. The third-order valence-electron chi connectivity index (χ3n) is 2.94. The first-order chi connectivity index (χ1) is 8.22. The summed E-state index contributed by atoms with van der Waals surface area (Å²) in [5.74, 6) is 0. The van der Waals surface area contributed by atoms with Crippen LogP contribution in [0.3, 0.4) is 0 Å². The van der Waals surface area contributed by atoms with Crippen molar-refractivity contribution in [2.24, 2.45) is 5.73 Å². The highest BCUT2D eigenvalue weighted by Crippen LogP contribution is 2.24. The molecule has 2 N–H and O–H groups in total. The minimum absolute atomic E-state index is 0.0529. The van der Waals surface area contributed by atoms with Crippen LogP contribution in [0, 0.1) is 0 Å². The molecule has 3 heteroatoms. The molecule has 0 bridgehead atoms. The van der Waals surface area contributed by atoms with Gasteiger partial charge in [-0.2, -0.15) is 0 Å². The Morgan fingerprint density at radius 3 is 2.88 bits per heavy atom. The molecule has 88 valence electrons. The molecule has 0 aliphatic carbocycles. The van der Waals surface area contributed by atoms with Crippen LogP contribution in [0.2, 0.25) is 0 Å². The second kappa shape index (κ2) is 5.06. The Hall–Kier alpha value is -1.74. The van der Waals surface area contributed by atoms with E-state index in [1.54, 1.807) is 12.4 Å². The summed E-state index contributed by atoms with van der Waals surface area (Å²) < 4.78 is 0. The van der Waals surface area contributed by atoms with E-state index in [0.717, 1.165) is 29.4 Å². The summed E-state index contributed by atoms with van der Waals surface area (Å²) in [5, 5.41) is 0. The number of rotatable bonds is 4. The van der Waals surface area contributed by atoms with Gasteiger partial charge in [-0.1, -0.05) is 31.2 Å². The highest BCUT2D eigenvalue weighted by molar-refractivity contribution is 5.78. The minimum atomic E-state index is -0.0529. The van der Waals surface area contributed by atoms with Crippen LogP contribution in [0.25, 0.3) is 11.0 Å². The molecule has 1 aromatic carbocycles. The zero-order valence-electron chi connectivity index (χ0n) is 10.1. The predicted octanol–water partition coefficient (Wildman–Crippen LogP) is 2.99. The van der Waals surface area contributed by atoms with Gasteiger partial charge < -0.3 is 5.73 Å². The maximum Gasteiger partial charge on any atom is 0.0934 e. The Kier molecular flexibility index (Phi) is 3.49. The van der Waals surface area contributed by atoms with Gasteiger partial charge >= 0.3 is 0 Å². The van der Waals surface area contributed by atoms with Gasteiger partial charge in [-0.05, 0) is 24.5 Å². The van der Waals surface area contributed by atoms with Crippen LogP contribution in [0.4, 0.5) is 0 Å². The van der Waals surface area contributed by atoms with Crippen molar-refractivity contribution in [1.29, 1.82) is 0 Å². The molecule has 0 aliphatic heterocycles. The summed E-state index contributed by atoms with van der Waals surface area (Å²) in [4.78, 5) is 8.65. The fourth-order valence-corrected chi connectivity index (χ4v) is 1.88. The molecular weight excluding hydrogens is 210 g/mol. The Balaban J connectivity index is 2.38. The standard InChI is InChI=1S/C14H17N3/c1-3-10(2)9-12(15)11-5-4-6-13-14(11)17-8-7-16-13/h4-8,12H,2-3,9,15H2,1H3. The lowest BCUT2D eigenvalue weighted by molar-refractivity contribution is 0.705. The molecule has 0 saturated heterocycles. The molecule has 3 nitrogen and oxygen atoms in total. The maximum atomic E-state index is 6.21. The van der Waals surface area contributed by atoms with Crippen LogP contribution >= 0.6 is 0 Å². The van der Waals surface area contributed by atoms with Crippen molar-refractivity contribution in [1.82, 2.24) is 9.97 Å². The van der Waals surface area contributed by atoms with Gasteiger partial charge in [-0.15, -0.1) is 0 Å². The molecule has 0 aliphatic rings. The van der Waals surface area contributed by atoms with Crippen molar-refractivity contribution in [3.63, 3.8) is 0 Å². The number of fused-ring (bicyclic) bond motifs is 1. The van der Waals surface area contributed by atoms with Crippen LogP contribution in [0.15, 0.2) is 42.7 Å². The quantitative estimate of drug-likeness (QED) is 0.817. The number of nitrogens with two attached hydrogens (primary N) is 1. The van der Waals surface area contributed by atoms with Crippen molar-refractivity contribution in [2.75, 3.05) is 0 Å². The highest BCUT2D eigenvalue weighted by Gasteiger charge is 2.11. The van der Waals surface area contributed by atoms with Gasteiger partial charge in [0.05, 0.1) is 11.0 Å². The first kappa shape index (κ1) is 11.7. The normalized spacial score (nSPS) is 12.6. The second-order valence-electron chi connectivity index (χ2n) is 4.19. The van der Waals surface area contributed by atoms with Crippen molar-refractivity contribution in [2.45, 2.75) is 25.8 Å². The summed E-state index contributed by atoms with van der Waals surface area (Å²) in [6.45, 7) is 6.10. The monoisotopic (exact) mass is 227 g/mol. The van der Waals surface area contributed by atoms with Crippen molar-refractivity contribution < 1.29 is 0 Å². The minimum Gasteiger partial charge on any atom is -0.324 e. The summed E-state index contributed by atoms with van der Waals surface area (Å²) in [6, 6.07) is 5.89. The molecular formula is C14H17N3. The van der Waals surface area contributed by atoms with Crippen LogP contribution in [0.5, 0.6) is 0 Å². The van der Waals surface area contributed by atoms with Gasteiger partial charge in [0, 0.05) is 18.4 Å². The van der Waals surface area contributed by atoms with E-state index in [0.29, 0.717) is 0 Å². The van der Waals surface area contributed by atoms with E-state index in [1.165, 1.54) is 5.57 Å². The molecule has 0 saturated carbocycles. The van der Waals surface area contributed by atoms with Crippen LogP contribution in [-0.4, -0.2) is 9.97 Å². The van der Waals surface area contributed by atoms with Crippen LogP contribution < -0.4 is 5.73 Å². The summed E-state index contributed by atoms with van der Waals surface area (Å²) >= 11 is 0. The zero-order chi connectivity index (χ0) is 12.3. The first-order valence-corrected chi connectivity index (χ1v) is 5.84. The van der Waals surface area contributed by atoms with E-state index in [-0.39, 0.29) is 6.04 Å². The van der Waals surface area contributed by atoms with E-state index in [4.69, 9.17) is 5.73 Å². The first-order valence-electron chi connectivity index (χ1n) is 5.84. The van der Waals surface area contributed by atoms with E-state index < -0.39 is 0 Å². The summed E-state index contributed by atoms with van der Waals surface area (Å²) in [5.41, 5.74) is 10.2. The van der Waals surface area contributed by atoms with Crippen LogP contribution in [-0.2, 0) is 0 Å². The number of nitrogens with zero attached hydrogens (tertiary/aromatic N) is 2. The van der Waals surface area contributed by atoms with Crippen LogP contribution in [0.1, 0.15) is 31.4 Å². The number of aromatic nitrogens is 2. The average Bonchev–Trinajstić information content (AvgIpc) is 2.37.